The molecule has 2 aromatic rings. The summed E-state index contributed by atoms with van der Waals surface area (Å²) >= 11 is 1.43. The van der Waals surface area contributed by atoms with Crippen LogP contribution in [0.1, 0.15) is 15.4 Å². The zero-order valence-corrected chi connectivity index (χ0v) is 12.4. The van der Waals surface area contributed by atoms with Crippen LogP contribution in [-0.4, -0.2) is 29.9 Å². The zero-order chi connectivity index (χ0) is 15.4. The van der Waals surface area contributed by atoms with E-state index in [1.165, 1.54) is 17.4 Å². The highest BCUT2D eigenvalue weighted by Crippen LogP contribution is 2.27. The number of aromatic nitrogens is 1. The molecule has 0 aliphatic rings. The second-order valence-corrected chi connectivity index (χ2v) is 5.44. The lowest BCUT2D eigenvalue weighted by atomic mass is 10.1. The minimum absolute atomic E-state index is 0.0955. The van der Waals surface area contributed by atoms with Gasteiger partial charge in [0.2, 0.25) is 0 Å². The third-order valence-electron chi connectivity index (χ3n) is 2.80. The first-order chi connectivity index (χ1) is 9.99. The Bertz CT molecular complexity index is 655. The molecule has 0 atom stereocenters. The number of anilines is 1. The van der Waals surface area contributed by atoms with Crippen LogP contribution in [0, 0.1) is 10.1 Å². The summed E-state index contributed by atoms with van der Waals surface area (Å²) in [6.45, 7) is 0.305. The number of nitro benzene ring substituents is 1. The molecule has 0 aliphatic carbocycles. The van der Waals surface area contributed by atoms with Gasteiger partial charge in [0.1, 0.15) is 10.7 Å². The van der Waals surface area contributed by atoms with E-state index in [0.717, 1.165) is 5.01 Å². The number of nitrogens with zero attached hydrogens (tertiary/aromatic N) is 3. The normalized spacial score (nSPS) is 10.2. The molecule has 1 aromatic heterocycles. The van der Waals surface area contributed by atoms with Gasteiger partial charge in [-0.25, -0.2) is 4.98 Å². The smallest absolute Gasteiger partial charge is 0.293 e. The average Bonchev–Trinajstić information content (AvgIpc) is 2.97. The van der Waals surface area contributed by atoms with Crippen molar-refractivity contribution in [2.45, 2.75) is 6.54 Å². The van der Waals surface area contributed by atoms with Gasteiger partial charge in [-0.3, -0.25) is 14.9 Å². The van der Waals surface area contributed by atoms with Gasteiger partial charge in [0.15, 0.2) is 0 Å². The highest BCUT2D eigenvalue weighted by molar-refractivity contribution is 7.09. The minimum Gasteiger partial charge on any atom is -0.372 e. The molecule has 0 fully saturated rings. The predicted octanol–water partition coefficient (Wildman–Crippen LogP) is 2.05. The zero-order valence-electron chi connectivity index (χ0n) is 11.6. The lowest BCUT2D eigenvalue weighted by Gasteiger charge is -2.13. The molecule has 0 saturated heterocycles. The van der Waals surface area contributed by atoms with Gasteiger partial charge in [-0.1, -0.05) is 0 Å². The summed E-state index contributed by atoms with van der Waals surface area (Å²) in [5.41, 5.74) is 0.613. The predicted molar refractivity (Wildman–Crippen MR) is 80.7 cm³/mol. The first kappa shape index (κ1) is 14.9. The number of carbonyl (C=O) groups is 1. The van der Waals surface area contributed by atoms with Crippen LogP contribution in [0.2, 0.25) is 0 Å². The molecular weight excluding hydrogens is 292 g/mol. The highest BCUT2D eigenvalue weighted by Gasteiger charge is 2.18. The van der Waals surface area contributed by atoms with Crippen molar-refractivity contribution in [3.63, 3.8) is 0 Å². The molecule has 8 heteroatoms. The second kappa shape index (κ2) is 6.31. The Balaban J connectivity index is 2.17. The lowest BCUT2D eigenvalue weighted by molar-refractivity contribution is -0.384. The van der Waals surface area contributed by atoms with Crippen molar-refractivity contribution in [3.8, 4) is 0 Å². The number of amides is 1. The molecule has 0 unspecified atom stereocenters. The van der Waals surface area contributed by atoms with Crippen LogP contribution in [0.5, 0.6) is 0 Å². The summed E-state index contributed by atoms with van der Waals surface area (Å²) in [6.07, 6.45) is 1.66. The van der Waals surface area contributed by atoms with E-state index in [1.54, 1.807) is 37.3 Å². The Labute approximate surface area is 125 Å². The van der Waals surface area contributed by atoms with Crippen LogP contribution in [-0.2, 0) is 6.54 Å². The summed E-state index contributed by atoms with van der Waals surface area (Å²) in [5, 5.41) is 16.4. The third-order valence-corrected chi connectivity index (χ3v) is 3.58. The van der Waals surface area contributed by atoms with Crippen molar-refractivity contribution in [1.82, 2.24) is 10.3 Å². The van der Waals surface area contributed by atoms with Crippen LogP contribution in [0.3, 0.4) is 0 Å². The SMILES string of the molecule is CN(C)c1ccc(C(=O)NCc2nccs2)cc1[N+](=O)[O-]. The van der Waals surface area contributed by atoms with Gasteiger partial charge in [0.05, 0.1) is 11.5 Å². The number of thiazole rings is 1. The van der Waals surface area contributed by atoms with Crippen LogP contribution < -0.4 is 10.2 Å². The second-order valence-electron chi connectivity index (χ2n) is 4.46. The number of carbonyl (C=O) groups excluding carboxylic acids is 1. The largest absolute Gasteiger partial charge is 0.372 e. The molecule has 21 heavy (non-hydrogen) atoms. The van der Waals surface area contributed by atoms with E-state index in [-0.39, 0.29) is 17.2 Å². The van der Waals surface area contributed by atoms with Crippen molar-refractivity contribution < 1.29 is 9.72 Å². The van der Waals surface area contributed by atoms with Crippen LogP contribution in [0.25, 0.3) is 0 Å². The molecule has 0 bridgehead atoms. The molecule has 7 nitrogen and oxygen atoms in total. The summed E-state index contributed by atoms with van der Waals surface area (Å²) < 4.78 is 0. The van der Waals surface area contributed by atoms with Crippen molar-refractivity contribution >= 4 is 28.6 Å². The number of hydrogen-bond donors (Lipinski definition) is 1. The standard InChI is InChI=1S/C13H14N4O3S/c1-16(2)10-4-3-9(7-11(10)17(19)20)13(18)15-8-12-14-5-6-21-12/h3-7H,8H2,1-2H3,(H,15,18). The molecule has 2 rings (SSSR count). The van der Waals surface area contributed by atoms with Crippen molar-refractivity contribution in [2.24, 2.45) is 0 Å². The summed E-state index contributed by atoms with van der Waals surface area (Å²) in [5.74, 6) is -0.362. The fourth-order valence-corrected chi connectivity index (χ4v) is 2.34. The van der Waals surface area contributed by atoms with Gasteiger partial charge in [-0.05, 0) is 12.1 Å². The molecule has 0 aliphatic heterocycles. The summed E-state index contributed by atoms with van der Waals surface area (Å²) in [6, 6.07) is 4.42. The molecule has 0 saturated carbocycles. The third kappa shape index (κ3) is 3.54. The van der Waals surface area contributed by atoms with Crippen molar-refractivity contribution in [1.29, 1.82) is 0 Å². The molecule has 1 heterocycles. The molecule has 0 spiro atoms. The molecule has 0 radical (unpaired) electrons. The first-order valence-electron chi connectivity index (χ1n) is 6.11. The van der Waals surface area contributed by atoms with E-state index in [4.69, 9.17) is 0 Å². The summed E-state index contributed by atoms with van der Waals surface area (Å²) in [4.78, 5) is 28.3. The first-order valence-corrected chi connectivity index (χ1v) is 6.99. The monoisotopic (exact) mass is 306 g/mol. The van der Waals surface area contributed by atoms with E-state index in [0.29, 0.717) is 12.2 Å². The van der Waals surface area contributed by atoms with Gasteiger partial charge in [0, 0.05) is 37.3 Å². The summed E-state index contributed by atoms with van der Waals surface area (Å²) in [7, 11) is 3.43. The molecule has 110 valence electrons. The fraction of sp³-hybridized carbons (Fsp3) is 0.231. The quantitative estimate of drug-likeness (QED) is 0.674. The number of rotatable bonds is 5. The number of nitro groups is 1. The van der Waals surface area contributed by atoms with Gasteiger partial charge < -0.3 is 10.2 Å². The van der Waals surface area contributed by atoms with E-state index in [9.17, 15) is 14.9 Å². The Morgan fingerprint density at radius 2 is 2.24 bits per heavy atom. The van der Waals surface area contributed by atoms with E-state index in [1.807, 2.05) is 5.38 Å². The average molecular weight is 306 g/mol. The fourth-order valence-electron chi connectivity index (χ4n) is 1.79. The van der Waals surface area contributed by atoms with Gasteiger partial charge in [-0.2, -0.15) is 0 Å². The molecule has 1 amide bonds. The van der Waals surface area contributed by atoms with E-state index < -0.39 is 4.92 Å². The number of hydrogen-bond acceptors (Lipinski definition) is 6. The van der Waals surface area contributed by atoms with E-state index in [2.05, 4.69) is 10.3 Å². The van der Waals surface area contributed by atoms with E-state index >= 15 is 0 Å². The number of nitrogens with one attached hydrogen (secondary N) is 1. The topological polar surface area (TPSA) is 88.4 Å². The van der Waals surface area contributed by atoms with Gasteiger partial charge >= 0.3 is 0 Å². The Morgan fingerprint density at radius 3 is 2.81 bits per heavy atom. The van der Waals surface area contributed by atoms with Crippen molar-refractivity contribution in [3.05, 3.63) is 50.5 Å². The van der Waals surface area contributed by atoms with Crippen LogP contribution in [0.15, 0.2) is 29.8 Å². The maximum atomic E-state index is 12.0. The van der Waals surface area contributed by atoms with Crippen molar-refractivity contribution in [2.75, 3.05) is 19.0 Å². The minimum atomic E-state index is -0.493. The van der Waals surface area contributed by atoms with Gasteiger partial charge in [-0.15, -0.1) is 11.3 Å². The lowest BCUT2D eigenvalue weighted by Crippen LogP contribution is -2.23. The highest BCUT2D eigenvalue weighted by atomic mass is 32.1. The molecule has 1 N–H and O–H groups in total. The maximum absolute atomic E-state index is 12.0. The van der Waals surface area contributed by atoms with Crippen LogP contribution in [0.4, 0.5) is 11.4 Å². The Morgan fingerprint density at radius 1 is 1.48 bits per heavy atom. The molecular formula is C13H14N4O3S. The Kier molecular flexibility index (Phi) is 4.49. The molecule has 1 aromatic carbocycles. The van der Waals surface area contributed by atoms with Crippen LogP contribution >= 0.6 is 11.3 Å². The Hall–Kier alpha value is -2.48. The number of benzene rings is 1. The van der Waals surface area contributed by atoms with Gasteiger partial charge in [0.25, 0.3) is 11.6 Å². The maximum Gasteiger partial charge on any atom is 0.293 e.